The first-order chi connectivity index (χ1) is 5.11. The summed E-state index contributed by atoms with van der Waals surface area (Å²) < 4.78 is 0. The molecule has 60 valence electrons. The molecule has 1 saturated heterocycles. The van der Waals surface area contributed by atoms with Crippen LogP contribution in [0.2, 0.25) is 0 Å². The summed E-state index contributed by atoms with van der Waals surface area (Å²) in [5.41, 5.74) is 0. The number of hydrogen-bond donors (Lipinski definition) is 1. The van der Waals surface area contributed by atoms with Crippen molar-refractivity contribution in [3.8, 4) is 0 Å². The van der Waals surface area contributed by atoms with Crippen LogP contribution in [0.25, 0.3) is 0 Å². The highest BCUT2D eigenvalue weighted by molar-refractivity contribution is 8.14. The van der Waals surface area contributed by atoms with Crippen LogP contribution in [-0.4, -0.2) is 39.4 Å². The fraction of sp³-hybridized carbons (Fsp3) is 0.400. The second-order valence-electron chi connectivity index (χ2n) is 1.93. The summed E-state index contributed by atoms with van der Waals surface area (Å²) in [5, 5.41) is 7.78. The second kappa shape index (κ2) is 2.91. The second-order valence-corrected chi connectivity index (χ2v) is 2.85. The first-order valence-electron chi connectivity index (χ1n) is 2.80. The van der Waals surface area contributed by atoms with Crippen LogP contribution in [0.15, 0.2) is 0 Å². The van der Waals surface area contributed by atoms with E-state index in [0.29, 0.717) is 0 Å². The van der Waals surface area contributed by atoms with Crippen LogP contribution in [-0.2, 0) is 9.59 Å². The fourth-order valence-electron chi connectivity index (χ4n) is 0.669. The van der Waals surface area contributed by atoms with Gasteiger partial charge >= 0.3 is 5.97 Å². The number of carboxylic acid groups (broad SMARTS) is 1. The van der Waals surface area contributed by atoms with E-state index in [0.717, 1.165) is 16.7 Å². The molecule has 1 heterocycles. The van der Waals surface area contributed by atoms with E-state index in [1.165, 1.54) is 0 Å². The van der Waals surface area contributed by atoms with Crippen LogP contribution >= 0.6 is 11.8 Å². The summed E-state index contributed by atoms with van der Waals surface area (Å²) in [7, 11) is 0. The minimum Gasteiger partial charge on any atom is -0.480 e. The van der Waals surface area contributed by atoms with Crippen molar-refractivity contribution in [1.82, 2.24) is 4.90 Å². The maximum absolute atomic E-state index is 10.7. The van der Waals surface area contributed by atoms with Gasteiger partial charge in [-0.15, -0.1) is 0 Å². The highest BCUT2D eigenvalue weighted by Gasteiger charge is 2.31. The third-order valence-electron chi connectivity index (χ3n) is 1.13. The SMILES string of the molecule is O=C(O)CN1C(=O)CSC1=O. The zero-order valence-electron chi connectivity index (χ0n) is 5.44. The smallest absolute Gasteiger partial charge is 0.323 e. The summed E-state index contributed by atoms with van der Waals surface area (Å²) in [6, 6.07) is 0. The predicted molar refractivity (Wildman–Crippen MR) is 37.2 cm³/mol. The van der Waals surface area contributed by atoms with Gasteiger partial charge in [0.1, 0.15) is 6.54 Å². The lowest BCUT2D eigenvalue weighted by atomic mass is 10.5. The van der Waals surface area contributed by atoms with Gasteiger partial charge < -0.3 is 5.11 Å². The van der Waals surface area contributed by atoms with E-state index in [2.05, 4.69) is 0 Å². The normalized spacial score (nSPS) is 17.6. The van der Waals surface area contributed by atoms with Crippen molar-refractivity contribution < 1.29 is 19.5 Å². The van der Waals surface area contributed by atoms with Crippen LogP contribution in [0, 0.1) is 0 Å². The number of imide groups is 1. The molecule has 0 atom stereocenters. The molecule has 5 nitrogen and oxygen atoms in total. The molecular formula is C5H5NO4S. The highest BCUT2D eigenvalue weighted by Crippen LogP contribution is 2.17. The largest absolute Gasteiger partial charge is 0.480 e. The Bertz CT molecular complexity index is 211. The van der Waals surface area contributed by atoms with Gasteiger partial charge in [-0.05, 0) is 0 Å². The predicted octanol–water partition coefficient (Wildman–Crippen LogP) is -0.234. The summed E-state index contributed by atoms with van der Waals surface area (Å²) in [4.78, 5) is 32.3. The zero-order valence-corrected chi connectivity index (χ0v) is 6.26. The molecule has 2 amide bonds. The van der Waals surface area contributed by atoms with Crippen LogP contribution in [0.1, 0.15) is 0 Å². The van der Waals surface area contributed by atoms with E-state index in [1.807, 2.05) is 0 Å². The number of amides is 2. The molecule has 1 N–H and O–H groups in total. The molecule has 0 spiro atoms. The van der Waals surface area contributed by atoms with Gasteiger partial charge in [-0.25, -0.2) is 0 Å². The maximum Gasteiger partial charge on any atom is 0.323 e. The molecule has 0 unspecified atom stereocenters. The molecule has 0 saturated carbocycles. The summed E-state index contributed by atoms with van der Waals surface area (Å²) >= 11 is 0.830. The number of carboxylic acids is 1. The van der Waals surface area contributed by atoms with Crippen molar-refractivity contribution >= 4 is 28.9 Å². The van der Waals surface area contributed by atoms with E-state index in [4.69, 9.17) is 5.11 Å². The molecule has 1 rings (SSSR count). The van der Waals surface area contributed by atoms with E-state index in [1.54, 1.807) is 0 Å². The topological polar surface area (TPSA) is 74.7 Å². The molecule has 1 fully saturated rings. The number of aliphatic carboxylic acids is 1. The van der Waals surface area contributed by atoms with Crippen LogP contribution in [0.3, 0.4) is 0 Å². The lowest BCUT2D eigenvalue weighted by molar-refractivity contribution is -0.141. The molecule has 0 aromatic carbocycles. The number of thioether (sulfide) groups is 1. The maximum atomic E-state index is 10.7. The van der Waals surface area contributed by atoms with E-state index < -0.39 is 23.7 Å². The lowest BCUT2D eigenvalue weighted by Crippen LogP contribution is -2.33. The van der Waals surface area contributed by atoms with Crippen LogP contribution < -0.4 is 0 Å². The average molecular weight is 175 g/mol. The van der Waals surface area contributed by atoms with Crippen molar-refractivity contribution in [2.24, 2.45) is 0 Å². The number of carbonyl (C=O) groups excluding carboxylic acids is 2. The molecule has 6 heteroatoms. The monoisotopic (exact) mass is 175 g/mol. The first-order valence-corrected chi connectivity index (χ1v) is 3.78. The highest BCUT2D eigenvalue weighted by atomic mass is 32.2. The molecule has 0 aliphatic carbocycles. The van der Waals surface area contributed by atoms with Crippen molar-refractivity contribution in [2.45, 2.75) is 0 Å². The van der Waals surface area contributed by atoms with Gasteiger partial charge in [-0.1, -0.05) is 11.8 Å². The minimum absolute atomic E-state index is 0.0616. The fourth-order valence-corrected chi connectivity index (χ4v) is 1.39. The van der Waals surface area contributed by atoms with E-state index in [9.17, 15) is 14.4 Å². The summed E-state index contributed by atoms with van der Waals surface area (Å²) in [5.74, 6) is -1.54. The Balaban J connectivity index is 2.62. The Morgan fingerprint density at radius 3 is 2.64 bits per heavy atom. The Labute approximate surface area is 66.4 Å². The molecule has 0 aromatic heterocycles. The van der Waals surface area contributed by atoms with E-state index in [-0.39, 0.29) is 5.75 Å². The number of rotatable bonds is 2. The third kappa shape index (κ3) is 1.70. The molecule has 1 aliphatic rings. The molecule has 0 aromatic rings. The van der Waals surface area contributed by atoms with Gasteiger partial charge in [0.25, 0.3) is 5.24 Å². The Kier molecular flexibility index (Phi) is 2.13. The molecule has 11 heavy (non-hydrogen) atoms. The Morgan fingerprint density at radius 1 is 1.64 bits per heavy atom. The van der Waals surface area contributed by atoms with Crippen molar-refractivity contribution in [1.29, 1.82) is 0 Å². The summed E-state index contributed by atoms with van der Waals surface area (Å²) in [6.07, 6.45) is 0. The molecular weight excluding hydrogens is 170 g/mol. The molecule has 0 bridgehead atoms. The van der Waals surface area contributed by atoms with Gasteiger partial charge in [0, 0.05) is 0 Å². The number of nitrogens with zero attached hydrogens (tertiary/aromatic N) is 1. The van der Waals surface area contributed by atoms with Gasteiger partial charge in [-0.3, -0.25) is 19.3 Å². The lowest BCUT2D eigenvalue weighted by Gasteiger charge is -2.07. The number of hydrogen-bond acceptors (Lipinski definition) is 4. The minimum atomic E-state index is -1.17. The van der Waals surface area contributed by atoms with Gasteiger partial charge in [0.05, 0.1) is 5.75 Å². The van der Waals surface area contributed by atoms with Crippen molar-refractivity contribution in [2.75, 3.05) is 12.3 Å². The molecule has 1 aliphatic heterocycles. The Morgan fingerprint density at radius 2 is 2.27 bits per heavy atom. The van der Waals surface area contributed by atoms with Crippen molar-refractivity contribution in [3.63, 3.8) is 0 Å². The average Bonchev–Trinajstić information content (AvgIpc) is 2.18. The molecule has 0 radical (unpaired) electrons. The van der Waals surface area contributed by atoms with Crippen molar-refractivity contribution in [3.05, 3.63) is 0 Å². The Hall–Kier alpha value is -1.04. The van der Waals surface area contributed by atoms with Crippen LogP contribution in [0.4, 0.5) is 4.79 Å². The first kappa shape index (κ1) is 8.06. The van der Waals surface area contributed by atoms with Crippen LogP contribution in [0.5, 0.6) is 0 Å². The standard InChI is InChI=1S/C5H5NO4S/c7-3-2-11-5(10)6(3)1-4(8)9/h1-2H2,(H,8,9). The summed E-state index contributed by atoms with van der Waals surface area (Å²) in [6.45, 7) is -0.523. The van der Waals surface area contributed by atoms with Gasteiger partial charge in [0.2, 0.25) is 5.91 Å². The quantitative estimate of drug-likeness (QED) is 0.627. The zero-order chi connectivity index (χ0) is 8.43. The number of carbonyl (C=O) groups is 3. The van der Waals surface area contributed by atoms with Gasteiger partial charge in [-0.2, -0.15) is 0 Å². The van der Waals surface area contributed by atoms with Gasteiger partial charge in [0.15, 0.2) is 0 Å². The van der Waals surface area contributed by atoms with E-state index >= 15 is 0 Å². The third-order valence-corrected chi connectivity index (χ3v) is 1.99.